The maximum atomic E-state index is 5.48. The third kappa shape index (κ3) is 3.07. The molecule has 15 heavy (non-hydrogen) atoms. The first-order valence-corrected chi connectivity index (χ1v) is 5.80. The number of pyridine rings is 1. The summed E-state index contributed by atoms with van der Waals surface area (Å²) >= 11 is 6.55. The number of nitrogens with zero attached hydrogens (tertiary/aromatic N) is 1. The predicted molar refractivity (Wildman–Crippen MR) is 62.7 cm³/mol. The summed E-state index contributed by atoms with van der Waals surface area (Å²) in [5.41, 5.74) is 0. The molecule has 0 saturated heterocycles. The van der Waals surface area contributed by atoms with E-state index in [1.807, 2.05) is 18.2 Å². The highest BCUT2D eigenvalue weighted by Gasteiger charge is 2.01. The topological polar surface area (TPSA) is 35.3 Å². The fourth-order valence-electron chi connectivity index (χ4n) is 1.06. The van der Waals surface area contributed by atoms with Crippen LogP contribution in [0.3, 0.4) is 0 Å². The first kappa shape index (κ1) is 10.7. The van der Waals surface area contributed by atoms with E-state index in [0.717, 1.165) is 10.2 Å². The summed E-state index contributed by atoms with van der Waals surface area (Å²) in [5, 5.41) is 0. The van der Waals surface area contributed by atoms with Gasteiger partial charge >= 0.3 is 0 Å². The van der Waals surface area contributed by atoms with E-state index < -0.39 is 0 Å². The first-order chi connectivity index (χ1) is 7.24. The zero-order valence-corrected chi connectivity index (χ0v) is 10.8. The van der Waals surface area contributed by atoms with Crippen molar-refractivity contribution in [3.05, 3.63) is 45.5 Å². The van der Waals surface area contributed by atoms with E-state index in [2.05, 4.69) is 36.8 Å². The van der Waals surface area contributed by atoms with Crippen molar-refractivity contribution in [3.8, 4) is 5.75 Å². The molecule has 0 aliphatic heterocycles. The first-order valence-electron chi connectivity index (χ1n) is 4.21. The van der Waals surface area contributed by atoms with Gasteiger partial charge in [0.15, 0.2) is 4.67 Å². The molecule has 3 nitrogen and oxygen atoms in total. The van der Waals surface area contributed by atoms with Gasteiger partial charge in [-0.3, -0.25) is 4.98 Å². The number of hydrogen-bond acceptors (Lipinski definition) is 3. The Hall–Kier alpha value is -0.810. The van der Waals surface area contributed by atoms with Crippen LogP contribution in [0.1, 0.15) is 5.76 Å². The summed E-state index contributed by atoms with van der Waals surface area (Å²) in [6, 6.07) is 5.54. The summed E-state index contributed by atoms with van der Waals surface area (Å²) in [6.07, 6.45) is 3.36. The molecular weight excluding hydrogens is 326 g/mol. The van der Waals surface area contributed by atoms with Gasteiger partial charge in [-0.05, 0) is 50.1 Å². The number of furan rings is 1. The van der Waals surface area contributed by atoms with E-state index in [0.29, 0.717) is 17.0 Å². The molecule has 2 rings (SSSR count). The minimum atomic E-state index is 0.393. The van der Waals surface area contributed by atoms with Crippen LogP contribution in [0, 0.1) is 0 Å². The van der Waals surface area contributed by atoms with Crippen molar-refractivity contribution in [1.82, 2.24) is 4.98 Å². The normalized spacial score (nSPS) is 10.3. The third-order valence-electron chi connectivity index (χ3n) is 1.69. The smallest absolute Gasteiger partial charge is 0.169 e. The van der Waals surface area contributed by atoms with Crippen LogP contribution in [0.15, 0.2) is 44.2 Å². The average molecular weight is 333 g/mol. The van der Waals surface area contributed by atoms with Crippen molar-refractivity contribution in [2.24, 2.45) is 0 Å². The summed E-state index contributed by atoms with van der Waals surface area (Å²) in [7, 11) is 0. The molecule has 0 aliphatic carbocycles. The number of halogens is 2. The second kappa shape index (κ2) is 4.81. The second-order valence-electron chi connectivity index (χ2n) is 2.83. The van der Waals surface area contributed by atoms with Crippen LogP contribution in [-0.4, -0.2) is 4.98 Å². The minimum absolute atomic E-state index is 0.393. The Morgan fingerprint density at radius 2 is 2.13 bits per heavy atom. The van der Waals surface area contributed by atoms with Crippen LogP contribution < -0.4 is 4.74 Å². The average Bonchev–Trinajstić information content (AvgIpc) is 2.62. The summed E-state index contributed by atoms with van der Waals surface area (Å²) < 4.78 is 12.4. The lowest BCUT2D eigenvalue weighted by Crippen LogP contribution is -1.93. The Bertz CT molecular complexity index is 456. The molecule has 2 aromatic heterocycles. The maximum Gasteiger partial charge on any atom is 0.169 e. The van der Waals surface area contributed by atoms with Crippen molar-refractivity contribution in [1.29, 1.82) is 0 Å². The summed E-state index contributed by atoms with van der Waals surface area (Å²) in [4.78, 5) is 3.99. The van der Waals surface area contributed by atoms with Crippen LogP contribution >= 0.6 is 31.9 Å². The Balaban J connectivity index is 1.99. The van der Waals surface area contributed by atoms with Crippen molar-refractivity contribution < 1.29 is 9.15 Å². The van der Waals surface area contributed by atoms with E-state index in [-0.39, 0.29) is 0 Å². The molecule has 0 amide bonds. The van der Waals surface area contributed by atoms with Gasteiger partial charge in [-0.25, -0.2) is 0 Å². The third-order valence-corrected chi connectivity index (χ3v) is 2.55. The van der Waals surface area contributed by atoms with E-state index in [9.17, 15) is 0 Å². The molecule has 0 N–H and O–H groups in total. The zero-order chi connectivity index (χ0) is 10.7. The molecule has 2 heterocycles. The maximum absolute atomic E-state index is 5.48. The zero-order valence-electron chi connectivity index (χ0n) is 7.61. The van der Waals surface area contributed by atoms with Crippen molar-refractivity contribution in [2.75, 3.05) is 0 Å². The van der Waals surface area contributed by atoms with Gasteiger partial charge in [0.1, 0.15) is 18.1 Å². The van der Waals surface area contributed by atoms with E-state index >= 15 is 0 Å². The van der Waals surface area contributed by atoms with Gasteiger partial charge in [0.25, 0.3) is 0 Å². The lowest BCUT2D eigenvalue weighted by Gasteiger charge is -2.03. The lowest BCUT2D eigenvalue weighted by atomic mass is 10.4. The highest BCUT2D eigenvalue weighted by Crippen LogP contribution is 2.19. The molecule has 2 aromatic rings. The van der Waals surface area contributed by atoms with Gasteiger partial charge in [-0.1, -0.05) is 0 Å². The van der Waals surface area contributed by atoms with Crippen LogP contribution in [-0.2, 0) is 6.61 Å². The molecular formula is C10H7Br2NO2. The van der Waals surface area contributed by atoms with E-state index in [4.69, 9.17) is 9.15 Å². The fourth-order valence-corrected chi connectivity index (χ4v) is 1.74. The number of rotatable bonds is 3. The Morgan fingerprint density at radius 1 is 1.27 bits per heavy atom. The largest absolute Gasteiger partial charge is 0.484 e. The molecule has 0 fully saturated rings. The molecule has 0 aliphatic rings. The predicted octanol–water partition coefficient (Wildman–Crippen LogP) is 3.78. The monoisotopic (exact) mass is 331 g/mol. The molecule has 0 bridgehead atoms. The molecule has 0 radical (unpaired) electrons. The van der Waals surface area contributed by atoms with Crippen LogP contribution in [0.5, 0.6) is 5.75 Å². The van der Waals surface area contributed by atoms with Crippen molar-refractivity contribution in [3.63, 3.8) is 0 Å². The molecule has 0 saturated carbocycles. The second-order valence-corrected chi connectivity index (χ2v) is 4.53. The van der Waals surface area contributed by atoms with E-state index in [1.54, 1.807) is 12.4 Å². The molecule has 0 atom stereocenters. The number of hydrogen-bond donors (Lipinski definition) is 0. The van der Waals surface area contributed by atoms with Crippen LogP contribution in [0.2, 0.25) is 0 Å². The standard InChI is InChI=1S/C10H7Br2NO2/c11-7-3-9(5-13-4-7)14-6-8-1-2-10(12)15-8/h1-5H,6H2. The van der Waals surface area contributed by atoms with Crippen LogP contribution in [0.25, 0.3) is 0 Å². The fraction of sp³-hybridized carbons (Fsp3) is 0.100. The minimum Gasteiger partial charge on any atom is -0.484 e. The quantitative estimate of drug-likeness (QED) is 0.858. The van der Waals surface area contributed by atoms with Gasteiger partial charge in [0, 0.05) is 10.7 Å². The van der Waals surface area contributed by atoms with Gasteiger partial charge in [-0.15, -0.1) is 0 Å². The lowest BCUT2D eigenvalue weighted by molar-refractivity contribution is 0.266. The molecule has 0 aromatic carbocycles. The number of aromatic nitrogens is 1. The number of ether oxygens (including phenoxy) is 1. The summed E-state index contributed by atoms with van der Waals surface area (Å²) in [6.45, 7) is 0.393. The van der Waals surface area contributed by atoms with E-state index in [1.165, 1.54) is 0 Å². The Kier molecular flexibility index (Phi) is 3.43. The molecule has 0 unspecified atom stereocenters. The highest BCUT2D eigenvalue weighted by atomic mass is 79.9. The Labute approximate surface area is 104 Å². The molecule has 0 spiro atoms. The van der Waals surface area contributed by atoms with Crippen LogP contribution in [0.4, 0.5) is 0 Å². The molecule has 78 valence electrons. The highest BCUT2D eigenvalue weighted by molar-refractivity contribution is 9.10. The summed E-state index contributed by atoms with van der Waals surface area (Å²) in [5.74, 6) is 1.47. The van der Waals surface area contributed by atoms with Gasteiger partial charge in [0.2, 0.25) is 0 Å². The van der Waals surface area contributed by atoms with Crippen molar-refractivity contribution >= 4 is 31.9 Å². The van der Waals surface area contributed by atoms with Crippen molar-refractivity contribution in [2.45, 2.75) is 6.61 Å². The Morgan fingerprint density at radius 3 is 2.80 bits per heavy atom. The molecule has 5 heteroatoms. The van der Waals surface area contributed by atoms with Gasteiger partial charge in [-0.2, -0.15) is 0 Å². The van der Waals surface area contributed by atoms with Gasteiger partial charge in [0.05, 0.1) is 6.20 Å². The SMILES string of the molecule is Brc1cncc(OCc2ccc(Br)o2)c1. The van der Waals surface area contributed by atoms with Gasteiger partial charge < -0.3 is 9.15 Å².